The quantitative estimate of drug-likeness (QED) is 0.304. The molecule has 0 spiro atoms. The van der Waals surface area contributed by atoms with Crippen LogP contribution in [0.5, 0.6) is 5.75 Å². The molecule has 0 atom stereocenters. The third-order valence-electron chi connectivity index (χ3n) is 5.70. The summed E-state index contributed by atoms with van der Waals surface area (Å²) in [5.74, 6) is -1.15. The van der Waals surface area contributed by atoms with E-state index in [9.17, 15) is 22.4 Å². The van der Waals surface area contributed by atoms with E-state index in [-0.39, 0.29) is 10.9 Å². The monoisotopic (exact) mass is 534 g/mol. The molecule has 6 nitrogen and oxygen atoms in total. The van der Waals surface area contributed by atoms with Crippen LogP contribution in [0, 0.1) is 5.82 Å². The molecule has 11 heteroatoms. The van der Waals surface area contributed by atoms with Crippen LogP contribution in [0.25, 0.3) is 6.08 Å². The molecular formula is C26H23ClF4N4O2. The minimum absolute atomic E-state index is 0.185. The van der Waals surface area contributed by atoms with Crippen molar-refractivity contribution in [3.63, 3.8) is 0 Å². The van der Waals surface area contributed by atoms with Crippen LogP contribution in [0.2, 0.25) is 5.15 Å². The second-order valence-electron chi connectivity index (χ2n) is 8.29. The molecule has 194 valence electrons. The van der Waals surface area contributed by atoms with E-state index < -0.39 is 18.1 Å². The zero-order valence-electron chi connectivity index (χ0n) is 19.5. The van der Waals surface area contributed by atoms with Gasteiger partial charge in [-0.25, -0.2) is 9.37 Å². The highest BCUT2D eigenvalue weighted by Crippen LogP contribution is 2.29. The molecule has 1 aliphatic heterocycles. The van der Waals surface area contributed by atoms with Crippen molar-refractivity contribution < 1.29 is 27.1 Å². The van der Waals surface area contributed by atoms with Gasteiger partial charge in [0, 0.05) is 44.5 Å². The number of hydrogen-bond donors (Lipinski definition) is 1. The fourth-order valence-electron chi connectivity index (χ4n) is 3.91. The number of carbonyl (C=O) groups excluding carboxylic acids is 1. The van der Waals surface area contributed by atoms with Gasteiger partial charge in [0.15, 0.2) is 0 Å². The third-order valence-corrected chi connectivity index (χ3v) is 5.90. The van der Waals surface area contributed by atoms with Crippen LogP contribution in [0.1, 0.15) is 15.9 Å². The molecule has 37 heavy (non-hydrogen) atoms. The Morgan fingerprint density at radius 3 is 2.46 bits per heavy atom. The van der Waals surface area contributed by atoms with Crippen LogP contribution >= 0.6 is 11.6 Å². The van der Waals surface area contributed by atoms with E-state index in [1.54, 1.807) is 18.2 Å². The number of hydrogen-bond acceptors (Lipinski definition) is 5. The van der Waals surface area contributed by atoms with Crippen LogP contribution in [0.4, 0.5) is 28.9 Å². The number of anilines is 2. The second kappa shape index (κ2) is 11.6. The number of benzene rings is 2. The van der Waals surface area contributed by atoms with Gasteiger partial charge in [0.05, 0.1) is 11.4 Å². The van der Waals surface area contributed by atoms with Crippen molar-refractivity contribution in [1.29, 1.82) is 0 Å². The van der Waals surface area contributed by atoms with Gasteiger partial charge in [0.25, 0.3) is 5.91 Å². The van der Waals surface area contributed by atoms with Gasteiger partial charge in [0.2, 0.25) is 0 Å². The molecule has 0 unspecified atom stereocenters. The molecule has 1 aliphatic rings. The first kappa shape index (κ1) is 26.4. The van der Waals surface area contributed by atoms with Crippen LogP contribution in [-0.2, 0) is 0 Å². The third kappa shape index (κ3) is 7.68. The summed E-state index contributed by atoms with van der Waals surface area (Å²) >= 11 is 5.87. The van der Waals surface area contributed by atoms with Gasteiger partial charge in [0.1, 0.15) is 16.7 Å². The van der Waals surface area contributed by atoms with Crippen molar-refractivity contribution in [1.82, 2.24) is 9.88 Å². The first-order valence-corrected chi connectivity index (χ1v) is 11.8. The maximum atomic E-state index is 14.0. The molecule has 2 heterocycles. The predicted octanol–water partition coefficient (Wildman–Crippen LogP) is 5.86. The molecule has 2 aromatic carbocycles. The maximum absolute atomic E-state index is 14.0. The Morgan fingerprint density at radius 2 is 1.78 bits per heavy atom. The zero-order chi connectivity index (χ0) is 26.4. The normalized spacial score (nSPS) is 14.7. The van der Waals surface area contributed by atoms with Crippen molar-refractivity contribution in [3.05, 3.63) is 89.0 Å². The van der Waals surface area contributed by atoms with Gasteiger partial charge < -0.3 is 15.0 Å². The number of ether oxygens (including phenoxy) is 1. The maximum Gasteiger partial charge on any atom is 0.573 e. The van der Waals surface area contributed by atoms with Crippen molar-refractivity contribution in [2.75, 3.05) is 42.9 Å². The number of amides is 1. The van der Waals surface area contributed by atoms with Crippen LogP contribution < -0.4 is 15.0 Å². The number of carbonyl (C=O) groups is 1. The highest BCUT2D eigenvalue weighted by Gasteiger charge is 2.30. The van der Waals surface area contributed by atoms with Crippen LogP contribution in [-0.4, -0.2) is 54.9 Å². The van der Waals surface area contributed by atoms with Crippen molar-refractivity contribution >= 4 is 35.0 Å². The number of piperazine rings is 1. The van der Waals surface area contributed by atoms with E-state index >= 15 is 0 Å². The lowest BCUT2D eigenvalue weighted by atomic mass is 10.1. The number of rotatable bonds is 7. The van der Waals surface area contributed by atoms with Crippen molar-refractivity contribution in [3.8, 4) is 5.75 Å². The Bertz CT molecular complexity index is 1260. The Labute approximate surface area is 216 Å². The molecule has 1 amide bonds. The summed E-state index contributed by atoms with van der Waals surface area (Å²) in [6, 6.07) is 12.9. The number of halogens is 5. The summed E-state index contributed by atoms with van der Waals surface area (Å²) in [7, 11) is 0. The summed E-state index contributed by atoms with van der Waals surface area (Å²) in [4.78, 5) is 20.8. The Kier molecular flexibility index (Phi) is 8.30. The minimum Gasteiger partial charge on any atom is -0.406 e. The molecule has 1 saturated heterocycles. The van der Waals surface area contributed by atoms with Crippen molar-refractivity contribution in [2.45, 2.75) is 6.36 Å². The molecular weight excluding hydrogens is 512 g/mol. The highest BCUT2D eigenvalue weighted by molar-refractivity contribution is 6.29. The second-order valence-corrected chi connectivity index (χ2v) is 8.68. The molecule has 1 aromatic heterocycles. The summed E-state index contributed by atoms with van der Waals surface area (Å²) in [5, 5.41) is 2.95. The van der Waals surface area contributed by atoms with Gasteiger partial charge in [-0.05, 0) is 48.0 Å². The fraction of sp³-hybridized carbons (Fsp3) is 0.231. The van der Waals surface area contributed by atoms with Gasteiger partial charge in [-0.1, -0.05) is 35.9 Å². The van der Waals surface area contributed by atoms with E-state index in [0.717, 1.165) is 18.7 Å². The molecule has 4 rings (SSSR count). The smallest absolute Gasteiger partial charge is 0.406 e. The standard InChI is InChI=1S/C26H23ClF4N4O2/c27-24-16-19(9-10-32-24)25(36)33-22-17-20(28)5-8-23(22)35-14-12-34(13-15-35)11-1-2-18-3-6-21(7-4-18)37-26(29,30)31/h1-10,16-17H,11-15H2,(H,33,36). The fourth-order valence-corrected chi connectivity index (χ4v) is 4.09. The Morgan fingerprint density at radius 1 is 1.05 bits per heavy atom. The van der Waals surface area contributed by atoms with Gasteiger partial charge >= 0.3 is 6.36 Å². The number of alkyl halides is 3. The largest absolute Gasteiger partial charge is 0.573 e. The molecule has 0 aliphatic carbocycles. The van der Waals surface area contributed by atoms with E-state index in [1.165, 1.54) is 42.6 Å². The number of pyridine rings is 1. The summed E-state index contributed by atoms with van der Waals surface area (Å²) in [5.41, 5.74) is 2.15. The summed E-state index contributed by atoms with van der Waals surface area (Å²) in [6.45, 7) is 3.44. The number of nitrogens with one attached hydrogen (secondary N) is 1. The Hall–Kier alpha value is -3.63. The Balaban J connectivity index is 1.32. The first-order chi connectivity index (χ1) is 17.7. The minimum atomic E-state index is -4.71. The summed E-state index contributed by atoms with van der Waals surface area (Å²) in [6.07, 6.45) is 0.490. The molecule has 0 radical (unpaired) electrons. The lowest BCUT2D eigenvalue weighted by Crippen LogP contribution is -2.46. The lowest BCUT2D eigenvalue weighted by Gasteiger charge is -2.36. The number of aromatic nitrogens is 1. The number of nitrogens with zero attached hydrogens (tertiary/aromatic N) is 3. The average Bonchev–Trinajstić information content (AvgIpc) is 2.85. The topological polar surface area (TPSA) is 57.7 Å². The molecule has 0 bridgehead atoms. The average molecular weight is 535 g/mol. The van der Waals surface area contributed by atoms with E-state index in [0.29, 0.717) is 36.6 Å². The zero-order valence-corrected chi connectivity index (χ0v) is 20.3. The first-order valence-electron chi connectivity index (χ1n) is 11.4. The van der Waals surface area contributed by atoms with Gasteiger partial charge in [-0.15, -0.1) is 13.2 Å². The lowest BCUT2D eigenvalue weighted by molar-refractivity contribution is -0.274. The van der Waals surface area contributed by atoms with Gasteiger partial charge in [-0.3, -0.25) is 9.69 Å². The van der Waals surface area contributed by atoms with Crippen molar-refractivity contribution in [2.24, 2.45) is 0 Å². The molecule has 3 aromatic rings. The van der Waals surface area contributed by atoms with E-state index in [2.05, 4.69) is 24.8 Å². The van der Waals surface area contributed by atoms with E-state index in [4.69, 9.17) is 11.6 Å². The van der Waals surface area contributed by atoms with Crippen LogP contribution in [0.15, 0.2) is 66.9 Å². The molecule has 0 saturated carbocycles. The van der Waals surface area contributed by atoms with Crippen LogP contribution in [0.3, 0.4) is 0 Å². The van der Waals surface area contributed by atoms with Gasteiger partial charge in [-0.2, -0.15) is 0 Å². The predicted molar refractivity (Wildman–Crippen MR) is 134 cm³/mol. The summed E-state index contributed by atoms with van der Waals surface area (Å²) < 4.78 is 54.7. The molecule has 1 fully saturated rings. The van der Waals surface area contributed by atoms with E-state index in [1.807, 2.05) is 12.2 Å². The molecule has 1 N–H and O–H groups in total. The highest BCUT2D eigenvalue weighted by atomic mass is 35.5. The SMILES string of the molecule is O=C(Nc1cc(F)ccc1N1CCN(CC=Cc2ccc(OC(F)(F)F)cc2)CC1)c1ccnc(Cl)c1.